The van der Waals surface area contributed by atoms with Crippen LogP contribution in [0, 0.1) is 5.82 Å². The molecule has 0 aliphatic heterocycles. The molecule has 0 amide bonds. The molecule has 0 fully saturated rings. The summed E-state index contributed by atoms with van der Waals surface area (Å²) in [5.74, 6) is -0.354. The monoisotopic (exact) mass is 329 g/mol. The Morgan fingerprint density at radius 3 is 2.61 bits per heavy atom. The van der Waals surface area contributed by atoms with E-state index in [0.717, 1.165) is 5.56 Å². The Morgan fingerprint density at radius 1 is 1.28 bits per heavy atom. The molecule has 0 saturated heterocycles. The summed E-state index contributed by atoms with van der Waals surface area (Å²) in [6.45, 7) is -0.530. The van der Waals surface area contributed by atoms with Crippen molar-refractivity contribution in [2.75, 3.05) is 19.8 Å². The maximum atomic E-state index is 12.9. The quantitative estimate of drug-likeness (QED) is 0.639. The summed E-state index contributed by atoms with van der Waals surface area (Å²) < 4.78 is 52.9. The molecule has 7 heteroatoms. The Kier molecular flexibility index (Phi) is 6.04. The van der Waals surface area contributed by atoms with Gasteiger partial charge in [-0.3, -0.25) is 0 Å². The van der Waals surface area contributed by atoms with Gasteiger partial charge >= 0.3 is 6.18 Å². The Bertz CT molecular complexity index is 384. The van der Waals surface area contributed by atoms with Crippen molar-refractivity contribution in [1.29, 1.82) is 0 Å². The van der Waals surface area contributed by atoms with Crippen LogP contribution in [0.2, 0.25) is 0 Å². The van der Waals surface area contributed by atoms with Crippen molar-refractivity contribution in [3.8, 4) is 0 Å². The van der Waals surface area contributed by atoms with Gasteiger partial charge in [-0.2, -0.15) is 13.2 Å². The van der Waals surface area contributed by atoms with Gasteiger partial charge in [0.15, 0.2) is 0 Å². The van der Waals surface area contributed by atoms with Crippen molar-refractivity contribution < 1.29 is 22.3 Å². The third-order valence-electron chi connectivity index (χ3n) is 2.00. The Labute approximate surface area is 110 Å². The van der Waals surface area contributed by atoms with Crippen LogP contribution < -0.4 is 5.32 Å². The van der Waals surface area contributed by atoms with E-state index < -0.39 is 12.8 Å². The smallest absolute Gasteiger partial charge is 0.371 e. The highest BCUT2D eigenvalue weighted by Crippen LogP contribution is 2.16. The molecular formula is C11H12BrF4NO. The van der Waals surface area contributed by atoms with Crippen LogP contribution in [0.3, 0.4) is 0 Å². The van der Waals surface area contributed by atoms with Gasteiger partial charge < -0.3 is 10.1 Å². The Hall–Kier alpha value is -0.660. The van der Waals surface area contributed by atoms with Crippen LogP contribution in [-0.4, -0.2) is 25.9 Å². The molecule has 1 rings (SSSR count). The van der Waals surface area contributed by atoms with Gasteiger partial charge in [-0.1, -0.05) is 6.07 Å². The van der Waals surface area contributed by atoms with E-state index in [0.29, 0.717) is 17.6 Å². The first-order chi connectivity index (χ1) is 8.38. The highest BCUT2D eigenvalue weighted by molar-refractivity contribution is 9.10. The summed E-state index contributed by atoms with van der Waals surface area (Å²) in [4.78, 5) is 0. The molecule has 0 bridgehead atoms. The zero-order valence-corrected chi connectivity index (χ0v) is 10.9. The van der Waals surface area contributed by atoms with Crippen molar-refractivity contribution in [3.63, 3.8) is 0 Å². The first kappa shape index (κ1) is 15.4. The van der Waals surface area contributed by atoms with Crippen LogP contribution in [0.15, 0.2) is 22.7 Å². The highest BCUT2D eigenvalue weighted by Gasteiger charge is 2.27. The van der Waals surface area contributed by atoms with Crippen LogP contribution in [0.1, 0.15) is 5.56 Å². The largest absolute Gasteiger partial charge is 0.411 e. The molecule has 1 N–H and O–H groups in total. The van der Waals surface area contributed by atoms with Gasteiger partial charge in [0.2, 0.25) is 0 Å². The molecule has 102 valence electrons. The van der Waals surface area contributed by atoms with E-state index in [2.05, 4.69) is 26.0 Å². The van der Waals surface area contributed by atoms with Crippen molar-refractivity contribution in [3.05, 3.63) is 34.1 Å². The molecule has 0 radical (unpaired) electrons. The topological polar surface area (TPSA) is 21.3 Å². The second-order valence-corrected chi connectivity index (χ2v) is 4.45. The van der Waals surface area contributed by atoms with Crippen molar-refractivity contribution in [2.24, 2.45) is 0 Å². The van der Waals surface area contributed by atoms with Gasteiger partial charge in [0.05, 0.1) is 11.1 Å². The molecule has 0 unspecified atom stereocenters. The molecular weight excluding hydrogens is 318 g/mol. The molecule has 0 aliphatic rings. The van der Waals surface area contributed by atoms with E-state index in [-0.39, 0.29) is 12.4 Å². The maximum Gasteiger partial charge on any atom is 0.411 e. The number of hydrogen-bond donors (Lipinski definition) is 1. The molecule has 0 aromatic heterocycles. The second-order valence-electron chi connectivity index (χ2n) is 3.59. The van der Waals surface area contributed by atoms with Gasteiger partial charge in [0, 0.05) is 13.1 Å². The summed E-state index contributed by atoms with van der Waals surface area (Å²) in [6, 6.07) is 4.53. The van der Waals surface area contributed by atoms with E-state index in [4.69, 9.17) is 0 Å². The Morgan fingerprint density at radius 2 is 2.00 bits per heavy atom. The summed E-state index contributed by atoms with van der Waals surface area (Å²) in [5, 5.41) is 2.90. The SMILES string of the molecule is Fc1ccc(CNCCOCC(F)(F)F)cc1Br. The minimum absolute atomic E-state index is 0.0259. The van der Waals surface area contributed by atoms with E-state index in [1.54, 1.807) is 12.1 Å². The van der Waals surface area contributed by atoms with Crippen LogP contribution in [0.4, 0.5) is 17.6 Å². The number of ether oxygens (including phenoxy) is 1. The van der Waals surface area contributed by atoms with Gasteiger partial charge in [0.1, 0.15) is 12.4 Å². The average Bonchev–Trinajstić information content (AvgIpc) is 2.26. The fourth-order valence-electron chi connectivity index (χ4n) is 1.21. The fraction of sp³-hybridized carbons (Fsp3) is 0.455. The highest BCUT2D eigenvalue weighted by atomic mass is 79.9. The predicted octanol–water partition coefficient (Wildman–Crippen LogP) is 3.26. The predicted molar refractivity (Wildman–Crippen MR) is 62.7 cm³/mol. The van der Waals surface area contributed by atoms with E-state index >= 15 is 0 Å². The molecule has 2 nitrogen and oxygen atoms in total. The van der Waals surface area contributed by atoms with Crippen LogP contribution in [0.25, 0.3) is 0 Å². The lowest BCUT2D eigenvalue weighted by molar-refractivity contribution is -0.173. The van der Waals surface area contributed by atoms with Gasteiger partial charge in [-0.05, 0) is 33.6 Å². The zero-order valence-electron chi connectivity index (χ0n) is 9.36. The van der Waals surface area contributed by atoms with Crippen molar-refractivity contribution >= 4 is 15.9 Å². The number of halogens is 5. The fourth-order valence-corrected chi connectivity index (χ4v) is 1.64. The number of nitrogens with one attached hydrogen (secondary N) is 1. The lowest BCUT2D eigenvalue weighted by Crippen LogP contribution is -2.23. The molecule has 18 heavy (non-hydrogen) atoms. The van der Waals surface area contributed by atoms with Crippen LogP contribution in [-0.2, 0) is 11.3 Å². The Balaban J connectivity index is 2.16. The maximum absolute atomic E-state index is 12.9. The first-order valence-electron chi connectivity index (χ1n) is 5.17. The minimum atomic E-state index is -4.29. The van der Waals surface area contributed by atoms with Crippen LogP contribution in [0.5, 0.6) is 0 Å². The molecule has 0 heterocycles. The van der Waals surface area contributed by atoms with Gasteiger partial charge in [0.25, 0.3) is 0 Å². The molecule has 1 aromatic carbocycles. The number of rotatable bonds is 6. The minimum Gasteiger partial charge on any atom is -0.371 e. The lowest BCUT2D eigenvalue weighted by Gasteiger charge is -2.08. The second kappa shape index (κ2) is 7.06. The summed E-state index contributed by atoms with van der Waals surface area (Å²) >= 11 is 3.05. The molecule has 0 atom stereocenters. The van der Waals surface area contributed by atoms with Crippen LogP contribution >= 0.6 is 15.9 Å². The van der Waals surface area contributed by atoms with Crippen molar-refractivity contribution in [1.82, 2.24) is 5.32 Å². The summed E-state index contributed by atoms with van der Waals surface area (Å²) in [6.07, 6.45) is -4.29. The van der Waals surface area contributed by atoms with E-state index in [1.165, 1.54) is 6.07 Å². The normalized spacial score (nSPS) is 11.8. The van der Waals surface area contributed by atoms with E-state index in [9.17, 15) is 17.6 Å². The molecule has 0 aliphatic carbocycles. The lowest BCUT2D eigenvalue weighted by atomic mass is 10.2. The third-order valence-corrected chi connectivity index (χ3v) is 2.61. The molecule has 1 aromatic rings. The van der Waals surface area contributed by atoms with E-state index in [1.807, 2.05) is 0 Å². The summed E-state index contributed by atoms with van der Waals surface area (Å²) in [7, 11) is 0. The number of alkyl halides is 3. The average molecular weight is 330 g/mol. The van der Waals surface area contributed by atoms with Gasteiger partial charge in [-0.25, -0.2) is 4.39 Å². The van der Waals surface area contributed by atoms with Gasteiger partial charge in [-0.15, -0.1) is 0 Å². The number of benzene rings is 1. The number of hydrogen-bond acceptors (Lipinski definition) is 2. The van der Waals surface area contributed by atoms with Crippen molar-refractivity contribution in [2.45, 2.75) is 12.7 Å². The summed E-state index contributed by atoms with van der Waals surface area (Å²) in [5.41, 5.74) is 0.832. The zero-order chi connectivity index (χ0) is 13.6. The third kappa shape index (κ3) is 6.32. The molecule has 0 saturated carbocycles. The molecule has 0 spiro atoms. The standard InChI is InChI=1S/C11H12BrF4NO/c12-9-5-8(1-2-10(9)13)6-17-3-4-18-7-11(14,15)16/h1-2,5,17H,3-4,6-7H2. The first-order valence-corrected chi connectivity index (χ1v) is 5.97.